The summed E-state index contributed by atoms with van der Waals surface area (Å²) in [6, 6.07) is 0. The van der Waals surface area contributed by atoms with Gasteiger partial charge in [-0.1, -0.05) is 0 Å². The average molecular weight is 177 g/mol. The molecule has 0 aliphatic carbocycles. The minimum atomic E-state index is -2.55. The molecule has 0 aliphatic heterocycles. The van der Waals surface area contributed by atoms with Crippen LogP contribution in [0.4, 0.5) is 19.0 Å². The number of hydrogen-bond acceptors (Lipinski definition) is 3. The molecule has 0 amide bonds. The van der Waals surface area contributed by atoms with Gasteiger partial charge < -0.3 is 5.73 Å². The van der Waals surface area contributed by atoms with Crippen LogP contribution in [0.15, 0.2) is 6.20 Å². The van der Waals surface area contributed by atoms with Crippen molar-refractivity contribution in [3.05, 3.63) is 17.8 Å². The molecule has 0 spiro atoms. The summed E-state index contributed by atoms with van der Waals surface area (Å²) in [5.74, 6) is -1.35. The van der Waals surface area contributed by atoms with E-state index >= 15 is 0 Å². The monoisotopic (exact) mass is 177 g/mol. The highest BCUT2D eigenvalue weighted by Crippen LogP contribution is 2.07. The molecular formula is C6H6F3N3. The fourth-order valence-electron chi connectivity index (χ4n) is 0.655. The Bertz CT molecular complexity index is 277. The zero-order valence-corrected chi connectivity index (χ0v) is 5.97. The summed E-state index contributed by atoms with van der Waals surface area (Å²) in [5.41, 5.74) is 5.03. The van der Waals surface area contributed by atoms with Gasteiger partial charge in [-0.2, -0.15) is 0 Å². The van der Waals surface area contributed by atoms with Gasteiger partial charge in [-0.15, -0.1) is 0 Å². The van der Waals surface area contributed by atoms with Gasteiger partial charge in [0.1, 0.15) is 5.82 Å². The maximum atomic E-state index is 12.4. The van der Waals surface area contributed by atoms with E-state index in [1.165, 1.54) is 0 Å². The van der Waals surface area contributed by atoms with Crippen LogP contribution in [0.3, 0.4) is 0 Å². The van der Waals surface area contributed by atoms with Crippen LogP contribution in [0.2, 0.25) is 0 Å². The number of halogens is 3. The Hall–Kier alpha value is -1.33. The molecule has 3 nitrogen and oxygen atoms in total. The van der Waals surface area contributed by atoms with E-state index in [2.05, 4.69) is 9.97 Å². The number of hydrogen-bond donors (Lipinski definition) is 1. The number of nitrogen functional groups attached to an aromatic ring is 1. The summed E-state index contributed by atoms with van der Waals surface area (Å²) in [5, 5.41) is 0. The summed E-state index contributed by atoms with van der Waals surface area (Å²) < 4.78 is 35.9. The summed E-state index contributed by atoms with van der Waals surface area (Å²) in [4.78, 5) is 6.66. The zero-order chi connectivity index (χ0) is 9.14. The van der Waals surface area contributed by atoms with Crippen LogP contribution < -0.4 is 5.73 Å². The first-order valence-corrected chi connectivity index (χ1v) is 3.14. The second kappa shape index (κ2) is 3.38. The van der Waals surface area contributed by atoms with Gasteiger partial charge in [0.2, 0.25) is 6.43 Å². The molecule has 12 heavy (non-hydrogen) atoms. The van der Waals surface area contributed by atoms with Gasteiger partial charge in [0, 0.05) is 0 Å². The van der Waals surface area contributed by atoms with E-state index in [1.54, 1.807) is 0 Å². The predicted octanol–water partition coefficient (Wildman–Crippen LogP) is 1.01. The molecule has 0 unspecified atom stereocenters. The van der Waals surface area contributed by atoms with Crippen molar-refractivity contribution in [1.29, 1.82) is 0 Å². The molecule has 1 aromatic rings. The lowest BCUT2D eigenvalue weighted by molar-refractivity contribution is 0.146. The number of nitrogens with zero attached hydrogens (tertiary/aromatic N) is 2. The second-order valence-corrected chi connectivity index (χ2v) is 2.11. The number of rotatable bonds is 2. The highest BCUT2D eigenvalue weighted by atomic mass is 19.3. The van der Waals surface area contributed by atoms with E-state index in [0.29, 0.717) is 0 Å². The van der Waals surface area contributed by atoms with E-state index < -0.39 is 24.5 Å². The molecule has 0 aliphatic rings. The van der Waals surface area contributed by atoms with E-state index in [9.17, 15) is 13.2 Å². The summed E-state index contributed by atoms with van der Waals surface area (Å²) in [6.07, 6.45) is -2.38. The molecule has 1 aromatic heterocycles. The van der Waals surface area contributed by atoms with Gasteiger partial charge in [0.25, 0.3) is 0 Å². The molecule has 0 aromatic carbocycles. The molecule has 0 atom stereocenters. The molecule has 6 heteroatoms. The first kappa shape index (κ1) is 8.76. The highest BCUT2D eigenvalue weighted by Gasteiger charge is 2.09. The van der Waals surface area contributed by atoms with Crippen molar-refractivity contribution in [3.8, 4) is 0 Å². The fourth-order valence-corrected chi connectivity index (χ4v) is 0.655. The van der Waals surface area contributed by atoms with Crippen LogP contribution in [0.25, 0.3) is 0 Å². The van der Waals surface area contributed by atoms with Crippen molar-refractivity contribution in [2.75, 3.05) is 5.73 Å². The second-order valence-electron chi connectivity index (χ2n) is 2.11. The SMILES string of the molecule is Nc1nc(CC(F)F)ncc1F. The molecule has 2 N–H and O–H groups in total. The number of alkyl halides is 2. The van der Waals surface area contributed by atoms with Crippen LogP contribution in [0.1, 0.15) is 5.82 Å². The van der Waals surface area contributed by atoms with E-state index in [-0.39, 0.29) is 5.82 Å². The van der Waals surface area contributed by atoms with Crippen LogP contribution in [0, 0.1) is 5.82 Å². The minimum Gasteiger partial charge on any atom is -0.381 e. The van der Waals surface area contributed by atoms with Gasteiger partial charge >= 0.3 is 0 Å². The third-order valence-corrected chi connectivity index (χ3v) is 1.16. The first-order valence-electron chi connectivity index (χ1n) is 3.14. The van der Waals surface area contributed by atoms with E-state index in [1.807, 2.05) is 0 Å². The Morgan fingerprint density at radius 1 is 1.50 bits per heavy atom. The van der Waals surface area contributed by atoms with E-state index in [4.69, 9.17) is 5.73 Å². The van der Waals surface area contributed by atoms with Gasteiger partial charge in [0.05, 0.1) is 12.6 Å². The minimum absolute atomic E-state index is 0.149. The molecule has 1 heterocycles. The van der Waals surface area contributed by atoms with Crippen LogP contribution in [-0.2, 0) is 6.42 Å². The van der Waals surface area contributed by atoms with Crippen molar-refractivity contribution < 1.29 is 13.2 Å². The average Bonchev–Trinajstić information content (AvgIpc) is 1.96. The Morgan fingerprint density at radius 3 is 2.67 bits per heavy atom. The van der Waals surface area contributed by atoms with Crippen LogP contribution in [0.5, 0.6) is 0 Å². The highest BCUT2D eigenvalue weighted by molar-refractivity contribution is 5.27. The topological polar surface area (TPSA) is 51.8 Å². The predicted molar refractivity (Wildman–Crippen MR) is 36.1 cm³/mol. The normalized spacial score (nSPS) is 10.7. The molecule has 0 fully saturated rings. The van der Waals surface area contributed by atoms with Crippen molar-refractivity contribution >= 4 is 5.82 Å². The molecule has 0 saturated heterocycles. The molecular weight excluding hydrogens is 171 g/mol. The first-order chi connectivity index (χ1) is 5.59. The number of anilines is 1. The van der Waals surface area contributed by atoms with Gasteiger partial charge in [0.15, 0.2) is 11.6 Å². The van der Waals surface area contributed by atoms with E-state index in [0.717, 1.165) is 6.20 Å². The van der Waals surface area contributed by atoms with Crippen molar-refractivity contribution in [3.63, 3.8) is 0 Å². The summed E-state index contributed by atoms with van der Waals surface area (Å²) in [6.45, 7) is 0. The standard InChI is InChI=1S/C6H6F3N3/c7-3-2-11-5(1-4(8)9)12-6(3)10/h2,4H,1H2,(H2,10,11,12). The lowest BCUT2D eigenvalue weighted by atomic mass is 10.4. The van der Waals surface area contributed by atoms with Gasteiger partial charge in [-0.05, 0) is 0 Å². The quantitative estimate of drug-likeness (QED) is 0.733. The molecule has 0 bridgehead atoms. The Kier molecular flexibility index (Phi) is 2.47. The summed E-state index contributed by atoms with van der Waals surface area (Å²) in [7, 11) is 0. The maximum Gasteiger partial charge on any atom is 0.245 e. The van der Waals surface area contributed by atoms with Crippen molar-refractivity contribution in [2.24, 2.45) is 0 Å². The lowest BCUT2D eigenvalue weighted by Gasteiger charge is -1.99. The largest absolute Gasteiger partial charge is 0.381 e. The van der Waals surface area contributed by atoms with Gasteiger partial charge in [-0.3, -0.25) is 0 Å². The summed E-state index contributed by atoms with van der Waals surface area (Å²) >= 11 is 0. The number of aromatic nitrogens is 2. The third kappa shape index (κ3) is 2.08. The van der Waals surface area contributed by atoms with Crippen molar-refractivity contribution in [2.45, 2.75) is 12.8 Å². The molecule has 1 rings (SSSR count). The lowest BCUT2D eigenvalue weighted by Crippen LogP contribution is -2.06. The smallest absolute Gasteiger partial charge is 0.245 e. The Morgan fingerprint density at radius 2 is 2.17 bits per heavy atom. The fraction of sp³-hybridized carbons (Fsp3) is 0.333. The maximum absolute atomic E-state index is 12.4. The number of nitrogens with two attached hydrogens (primary N) is 1. The van der Waals surface area contributed by atoms with Crippen LogP contribution in [-0.4, -0.2) is 16.4 Å². The Balaban J connectivity index is 2.82. The third-order valence-electron chi connectivity index (χ3n) is 1.16. The van der Waals surface area contributed by atoms with Gasteiger partial charge in [-0.25, -0.2) is 23.1 Å². The Labute approximate surface area is 66.4 Å². The molecule has 66 valence electrons. The molecule has 0 radical (unpaired) electrons. The van der Waals surface area contributed by atoms with Crippen molar-refractivity contribution in [1.82, 2.24) is 9.97 Å². The zero-order valence-electron chi connectivity index (χ0n) is 5.97. The molecule has 0 saturated carbocycles. The van der Waals surface area contributed by atoms with Crippen LogP contribution >= 0.6 is 0 Å².